The number of rotatable bonds is 7. The molecule has 278 valence electrons. The van der Waals surface area contributed by atoms with Crippen molar-refractivity contribution in [2.45, 2.75) is 79.6 Å². The molecular weight excluding hydrogens is 697 g/mol. The van der Waals surface area contributed by atoms with E-state index in [1.165, 1.54) is 81.3 Å². The molecule has 1 saturated carbocycles. The third kappa shape index (κ3) is 5.73. The molecule has 0 N–H and O–H groups in total. The molecule has 3 aliphatic rings. The van der Waals surface area contributed by atoms with E-state index in [2.05, 4.69) is 105 Å². The van der Waals surface area contributed by atoms with Gasteiger partial charge in [-0.2, -0.15) is 0 Å². The summed E-state index contributed by atoms with van der Waals surface area (Å²) < 4.78 is 25.2. The molecule has 0 amide bonds. The van der Waals surface area contributed by atoms with Gasteiger partial charge in [0.25, 0.3) is 0 Å². The van der Waals surface area contributed by atoms with E-state index in [-0.39, 0.29) is 5.41 Å². The molecule has 9 rings (SSSR count). The lowest BCUT2D eigenvalue weighted by Crippen LogP contribution is -2.35. The summed E-state index contributed by atoms with van der Waals surface area (Å²) in [5.41, 5.74) is 10.4. The van der Waals surface area contributed by atoms with E-state index in [0.717, 1.165) is 57.2 Å². The van der Waals surface area contributed by atoms with Crippen LogP contribution in [0, 0.1) is 13.8 Å². The highest BCUT2D eigenvalue weighted by atomic mass is 32.2. The summed E-state index contributed by atoms with van der Waals surface area (Å²) in [7, 11) is 5.20. The van der Waals surface area contributed by atoms with Crippen molar-refractivity contribution in [3.63, 3.8) is 0 Å². The molecule has 4 nitrogen and oxygen atoms in total. The largest absolute Gasteiger partial charge is 0.497 e. The monoisotopic (exact) mass is 744 g/mol. The molecule has 6 aromatic rings. The summed E-state index contributed by atoms with van der Waals surface area (Å²) in [5, 5.41) is 2.27. The summed E-state index contributed by atoms with van der Waals surface area (Å²) in [4.78, 5) is 2.37. The van der Waals surface area contributed by atoms with Crippen LogP contribution in [0.5, 0.6) is 23.0 Å². The van der Waals surface area contributed by atoms with Gasteiger partial charge in [0.15, 0.2) is 5.60 Å². The van der Waals surface area contributed by atoms with Gasteiger partial charge in [-0.1, -0.05) is 117 Å². The lowest BCUT2D eigenvalue weighted by Gasteiger charge is -2.40. The molecule has 0 radical (unpaired) electrons. The number of hydrogen-bond acceptors (Lipinski definition) is 5. The van der Waals surface area contributed by atoms with Crippen molar-refractivity contribution < 1.29 is 18.9 Å². The molecule has 0 aromatic heterocycles. The lowest BCUT2D eigenvalue weighted by molar-refractivity contribution is 0.163. The van der Waals surface area contributed by atoms with Crippen molar-refractivity contribution in [3.05, 3.63) is 148 Å². The first kappa shape index (κ1) is 35.6. The van der Waals surface area contributed by atoms with E-state index in [0.29, 0.717) is 0 Å². The van der Waals surface area contributed by atoms with Crippen molar-refractivity contribution in [1.82, 2.24) is 0 Å². The van der Waals surface area contributed by atoms with Crippen LogP contribution >= 0.6 is 11.8 Å². The summed E-state index contributed by atoms with van der Waals surface area (Å²) in [5.74, 6) is 3.35. The third-order valence-corrected chi connectivity index (χ3v) is 13.8. The van der Waals surface area contributed by atoms with E-state index < -0.39 is 5.60 Å². The average molecular weight is 745 g/mol. The quantitative estimate of drug-likeness (QED) is 0.163. The second-order valence-corrected chi connectivity index (χ2v) is 16.4. The van der Waals surface area contributed by atoms with Gasteiger partial charge in [0, 0.05) is 32.4 Å². The van der Waals surface area contributed by atoms with Crippen molar-refractivity contribution in [3.8, 4) is 34.1 Å². The second-order valence-electron chi connectivity index (χ2n) is 15.4. The van der Waals surface area contributed by atoms with E-state index >= 15 is 0 Å². The first-order valence-electron chi connectivity index (χ1n) is 19.6. The minimum Gasteiger partial charge on any atom is -0.497 e. The van der Waals surface area contributed by atoms with Crippen molar-refractivity contribution in [2.75, 3.05) is 21.3 Å². The molecule has 2 aliphatic carbocycles. The zero-order chi connectivity index (χ0) is 37.7. The van der Waals surface area contributed by atoms with Crippen LogP contribution < -0.4 is 18.9 Å². The summed E-state index contributed by atoms with van der Waals surface area (Å²) in [6.07, 6.45) is 13.2. The van der Waals surface area contributed by atoms with Crippen LogP contribution in [0.1, 0.15) is 83.9 Å². The maximum atomic E-state index is 7.73. The molecule has 1 aliphatic heterocycles. The maximum absolute atomic E-state index is 7.73. The van der Waals surface area contributed by atoms with Crippen LogP contribution in [-0.4, -0.2) is 21.3 Å². The lowest BCUT2D eigenvalue weighted by atomic mass is 9.67. The predicted octanol–water partition coefficient (Wildman–Crippen LogP) is 13.0. The Bertz CT molecular complexity index is 2370. The molecule has 0 saturated heterocycles. The minimum absolute atomic E-state index is 0.0988. The fraction of sp³-hybridized carbons (Fsp3) is 0.280. The van der Waals surface area contributed by atoms with Crippen molar-refractivity contribution >= 4 is 28.6 Å². The SMILES string of the molecule is COc1ccc(C2(c3ccc(OC)cc3)C=Cc3c4c(c5cc(Sc6c(C)cccc6C)c(OC)cc5c3O2)-c2ccccc2C42CCCCCCC2)cc1. The Labute approximate surface area is 329 Å². The van der Waals surface area contributed by atoms with E-state index in [1.54, 1.807) is 33.1 Å². The maximum Gasteiger partial charge on any atom is 0.178 e. The van der Waals surface area contributed by atoms with E-state index in [9.17, 15) is 0 Å². The van der Waals surface area contributed by atoms with Gasteiger partial charge < -0.3 is 18.9 Å². The van der Waals surface area contributed by atoms with Gasteiger partial charge in [0.2, 0.25) is 0 Å². The molecule has 1 fully saturated rings. The predicted molar refractivity (Wildman–Crippen MR) is 226 cm³/mol. The Balaban J connectivity index is 1.36. The highest BCUT2D eigenvalue weighted by Gasteiger charge is 2.48. The molecule has 0 atom stereocenters. The normalized spacial score (nSPS) is 16.4. The summed E-state index contributed by atoms with van der Waals surface area (Å²) >= 11 is 1.80. The fourth-order valence-electron chi connectivity index (χ4n) is 9.67. The molecule has 1 spiro atoms. The molecular formula is C50H48O4S. The average Bonchev–Trinajstić information content (AvgIpc) is 3.51. The smallest absolute Gasteiger partial charge is 0.178 e. The third-order valence-electron chi connectivity index (χ3n) is 12.4. The van der Waals surface area contributed by atoms with Crippen LogP contribution in [0.3, 0.4) is 0 Å². The summed E-state index contributed by atoms with van der Waals surface area (Å²) in [6, 6.07) is 37.0. The number of hydrogen-bond donors (Lipinski definition) is 0. The Morgan fingerprint density at radius 1 is 0.636 bits per heavy atom. The van der Waals surface area contributed by atoms with Crippen LogP contribution in [0.4, 0.5) is 0 Å². The number of fused-ring (bicyclic) bond motifs is 10. The highest BCUT2D eigenvalue weighted by Crippen LogP contribution is 2.62. The highest BCUT2D eigenvalue weighted by molar-refractivity contribution is 7.99. The van der Waals surface area contributed by atoms with Gasteiger partial charge in [-0.3, -0.25) is 0 Å². The molecule has 6 aromatic carbocycles. The first-order chi connectivity index (χ1) is 26.9. The first-order valence-corrected chi connectivity index (χ1v) is 20.5. The van der Waals surface area contributed by atoms with Crippen LogP contribution in [-0.2, 0) is 11.0 Å². The van der Waals surface area contributed by atoms with Crippen LogP contribution in [0.2, 0.25) is 0 Å². The van der Waals surface area contributed by atoms with E-state index in [1.807, 2.05) is 24.3 Å². The van der Waals surface area contributed by atoms with Gasteiger partial charge in [0.05, 0.1) is 26.2 Å². The Morgan fingerprint density at radius 2 is 1.25 bits per heavy atom. The fourth-order valence-corrected chi connectivity index (χ4v) is 10.8. The van der Waals surface area contributed by atoms with Gasteiger partial charge in [0.1, 0.15) is 23.0 Å². The number of aryl methyl sites for hydroxylation is 2. The Kier molecular flexibility index (Phi) is 9.17. The summed E-state index contributed by atoms with van der Waals surface area (Å²) in [6.45, 7) is 4.40. The van der Waals surface area contributed by atoms with Crippen molar-refractivity contribution in [2.24, 2.45) is 0 Å². The van der Waals surface area contributed by atoms with Crippen LogP contribution in [0.15, 0.2) is 119 Å². The zero-order valence-electron chi connectivity index (χ0n) is 32.5. The molecule has 0 bridgehead atoms. The second kappa shape index (κ2) is 14.2. The van der Waals surface area contributed by atoms with Crippen LogP contribution in [0.25, 0.3) is 28.0 Å². The van der Waals surface area contributed by atoms with E-state index in [4.69, 9.17) is 18.9 Å². The standard InChI is InChI=1S/C50H48O4S/c1-32-14-13-15-33(2)48(32)55-44-31-40-41(30-43(44)53-5)47-39(46-45(40)38-16-9-10-17-42(38)49(46)27-11-7-6-8-12-28-49)26-29-50(54-47,34-18-22-36(51-3)23-19-34)35-20-24-37(52-4)25-21-35/h9-10,13-26,29-31H,6-8,11-12,27-28H2,1-5H3. The number of benzene rings is 6. The van der Waals surface area contributed by atoms with Crippen molar-refractivity contribution in [1.29, 1.82) is 0 Å². The molecule has 55 heavy (non-hydrogen) atoms. The topological polar surface area (TPSA) is 36.9 Å². The zero-order valence-corrected chi connectivity index (χ0v) is 33.3. The number of ether oxygens (including phenoxy) is 4. The van der Waals surface area contributed by atoms with Gasteiger partial charge in [-0.25, -0.2) is 0 Å². The van der Waals surface area contributed by atoms with Gasteiger partial charge >= 0.3 is 0 Å². The Morgan fingerprint density at radius 3 is 1.87 bits per heavy atom. The molecule has 5 heteroatoms. The van der Waals surface area contributed by atoms with Gasteiger partial charge in [-0.05, 0) is 108 Å². The van der Waals surface area contributed by atoms with Gasteiger partial charge in [-0.15, -0.1) is 0 Å². The minimum atomic E-state index is -0.912. The Hall–Kier alpha value is -5.13. The molecule has 0 unspecified atom stereocenters. The molecule has 1 heterocycles. The number of methoxy groups -OCH3 is 3.